The SMILES string of the molecule is O=[N+]([O-])c1cccc(Cn2cc(CCl)nn2)c1F. The fraction of sp³-hybridized carbons (Fsp3) is 0.200. The number of nitro groups is 1. The number of benzene rings is 1. The molecule has 1 aromatic heterocycles. The van der Waals surface area contributed by atoms with Crippen LogP contribution in [0.5, 0.6) is 0 Å². The minimum Gasteiger partial charge on any atom is -0.258 e. The first-order valence-corrected chi connectivity index (χ1v) is 5.52. The Bertz CT molecular complexity index is 587. The zero-order valence-corrected chi connectivity index (χ0v) is 9.84. The second-order valence-electron chi connectivity index (χ2n) is 3.55. The van der Waals surface area contributed by atoms with Gasteiger partial charge in [0.15, 0.2) is 0 Å². The van der Waals surface area contributed by atoms with Crippen LogP contribution in [0.2, 0.25) is 0 Å². The van der Waals surface area contributed by atoms with Gasteiger partial charge in [-0.2, -0.15) is 4.39 Å². The van der Waals surface area contributed by atoms with Crippen molar-refractivity contribution in [3.05, 3.63) is 51.6 Å². The summed E-state index contributed by atoms with van der Waals surface area (Å²) >= 11 is 5.56. The van der Waals surface area contributed by atoms with Gasteiger partial charge < -0.3 is 0 Å². The zero-order chi connectivity index (χ0) is 13.1. The quantitative estimate of drug-likeness (QED) is 0.484. The molecule has 1 heterocycles. The van der Waals surface area contributed by atoms with Gasteiger partial charge in [-0.1, -0.05) is 17.3 Å². The van der Waals surface area contributed by atoms with E-state index in [0.29, 0.717) is 5.69 Å². The number of hydrogen-bond acceptors (Lipinski definition) is 4. The number of rotatable bonds is 4. The van der Waals surface area contributed by atoms with Crippen LogP contribution < -0.4 is 0 Å². The highest BCUT2D eigenvalue weighted by atomic mass is 35.5. The van der Waals surface area contributed by atoms with E-state index < -0.39 is 16.4 Å². The van der Waals surface area contributed by atoms with Crippen molar-refractivity contribution < 1.29 is 9.31 Å². The summed E-state index contributed by atoms with van der Waals surface area (Å²) in [6.45, 7) is 0.0669. The minimum absolute atomic E-state index is 0.0669. The number of nitro benzene ring substituents is 1. The summed E-state index contributed by atoms with van der Waals surface area (Å²) in [5.41, 5.74) is 0.183. The molecule has 18 heavy (non-hydrogen) atoms. The van der Waals surface area contributed by atoms with Crippen LogP contribution in [0.3, 0.4) is 0 Å². The predicted molar refractivity (Wildman–Crippen MR) is 61.7 cm³/mol. The number of halogens is 2. The van der Waals surface area contributed by atoms with Crippen LogP contribution in [0.25, 0.3) is 0 Å². The van der Waals surface area contributed by atoms with E-state index in [2.05, 4.69) is 10.3 Å². The molecule has 0 bridgehead atoms. The molecule has 0 fully saturated rings. The second kappa shape index (κ2) is 5.09. The molecular weight excluding hydrogens is 263 g/mol. The van der Waals surface area contributed by atoms with Crippen molar-refractivity contribution in [1.29, 1.82) is 0 Å². The molecule has 0 aliphatic carbocycles. The average molecular weight is 271 g/mol. The normalized spacial score (nSPS) is 10.6. The van der Waals surface area contributed by atoms with Gasteiger partial charge >= 0.3 is 5.69 Å². The van der Waals surface area contributed by atoms with Crippen LogP contribution in [0.4, 0.5) is 10.1 Å². The minimum atomic E-state index is -0.856. The van der Waals surface area contributed by atoms with Gasteiger partial charge in [-0.25, -0.2) is 4.68 Å². The lowest BCUT2D eigenvalue weighted by atomic mass is 10.2. The van der Waals surface area contributed by atoms with Gasteiger partial charge in [0.2, 0.25) is 5.82 Å². The first-order chi connectivity index (χ1) is 8.61. The molecule has 2 aromatic rings. The fourth-order valence-corrected chi connectivity index (χ4v) is 1.60. The Morgan fingerprint density at radius 3 is 2.89 bits per heavy atom. The molecule has 0 N–H and O–H groups in total. The molecule has 0 saturated carbocycles. The topological polar surface area (TPSA) is 73.8 Å². The molecule has 0 spiro atoms. The molecule has 0 radical (unpaired) electrons. The summed E-state index contributed by atoms with van der Waals surface area (Å²) in [7, 11) is 0. The van der Waals surface area contributed by atoms with E-state index in [1.54, 1.807) is 6.20 Å². The lowest BCUT2D eigenvalue weighted by Crippen LogP contribution is -2.04. The lowest BCUT2D eigenvalue weighted by Gasteiger charge is -2.02. The first kappa shape index (κ1) is 12.4. The molecule has 0 unspecified atom stereocenters. The second-order valence-corrected chi connectivity index (χ2v) is 3.82. The van der Waals surface area contributed by atoms with Crippen molar-refractivity contribution >= 4 is 17.3 Å². The predicted octanol–water partition coefficient (Wildman–Crippen LogP) is 2.11. The van der Waals surface area contributed by atoms with E-state index in [4.69, 9.17) is 11.6 Å². The molecular formula is C10H8ClFN4O2. The van der Waals surface area contributed by atoms with Crippen LogP contribution >= 0.6 is 11.6 Å². The number of nitrogens with zero attached hydrogens (tertiary/aromatic N) is 4. The Hall–Kier alpha value is -2.02. The third kappa shape index (κ3) is 2.45. The van der Waals surface area contributed by atoms with Gasteiger partial charge in [0.1, 0.15) is 0 Å². The Balaban J connectivity index is 2.29. The van der Waals surface area contributed by atoms with Crippen molar-refractivity contribution in [2.45, 2.75) is 12.4 Å². The molecule has 94 valence electrons. The number of alkyl halides is 1. The third-order valence-corrected chi connectivity index (χ3v) is 2.58. The molecule has 6 nitrogen and oxygen atoms in total. The summed E-state index contributed by atoms with van der Waals surface area (Å²) in [5, 5.41) is 18.1. The third-order valence-electron chi connectivity index (χ3n) is 2.31. The number of aromatic nitrogens is 3. The van der Waals surface area contributed by atoms with Crippen LogP contribution in [-0.2, 0) is 12.4 Å². The summed E-state index contributed by atoms with van der Waals surface area (Å²) in [5.74, 6) is -0.650. The Morgan fingerprint density at radius 1 is 1.50 bits per heavy atom. The molecule has 0 aliphatic heterocycles. The van der Waals surface area contributed by atoms with E-state index >= 15 is 0 Å². The van der Waals surface area contributed by atoms with Crippen LogP contribution in [0, 0.1) is 15.9 Å². The van der Waals surface area contributed by atoms with Gasteiger partial charge in [0, 0.05) is 11.6 Å². The van der Waals surface area contributed by atoms with Gasteiger partial charge in [-0.15, -0.1) is 16.7 Å². The largest absolute Gasteiger partial charge is 0.305 e. The smallest absolute Gasteiger partial charge is 0.258 e. The van der Waals surface area contributed by atoms with E-state index in [0.717, 1.165) is 6.07 Å². The monoisotopic (exact) mass is 270 g/mol. The standard InChI is InChI=1S/C10H8ClFN4O2/c11-4-8-6-15(14-13-8)5-7-2-1-3-9(10(7)12)16(17)18/h1-3,6H,4-5H2. The molecule has 0 saturated heterocycles. The molecule has 0 amide bonds. The van der Waals surface area contributed by atoms with E-state index in [1.165, 1.54) is 16.8 Å². The van der Waals surface area contributed by atoms with Crippen molar-refractivity contribution in [2.24, 2.45) is 0 Å². The van der Waals surface area contributed by atoms with Crippen molar-refractivity contribution in [3.63, 3.8) is 0 Å². The van der Waals surface area contributed by atoms with Gasteiger partial charge in [0.05, 0.1) is 29.2 Å². The fourth-order valence-electron chi connectivity index (χ4n) is 1.48. The van der Waals surface area contributed by atoms with Crippen molar-refractivity contribution in [3.8, 4) is 0 Å². The highest BCUT2D eigenvalue weighted by molar-refractivity contribution is 6.16. The summed E-state index contributed by atoms with van der Waals surface area (Å²) < 4.78 is 15.1. The van der Waals surface area contributed by atoms with Crippen LogP contribution in [0.1, 0.15) is 11.3 Å². The number of hydrogen-bond donors (Lipinski definition) is 0. The van der Waals surface area contributed by atoms with E-state index in [1.807, 2.05) is 0 Å². The molecule has 2 rings (SSSR count). The highest BCUT2D eigenvalue weighted by Gasteiger charge is 2.17. The van der Waals surface area contributed by atoms with Crippen molar-refractivity contribution in [1.82, 2.24) is 15.0 Å². The zero-order valence-electron chi connectivity index (χ0n) is 9.08. The Morgan fingerprint density at radius 2 is 2.28 bits per heavy atom. The molecule has 8 heteroatoms. The first-order valence-electron chi connectivity index (χ1n) is 4.98. The van der Waals surface area contributed by atoms with Gasteiger partial charge in [-0.05, 0) is 0 Å². The molecule has 0 atom stereocenters. The van der Waals surface area contributed by atoms with Gasteiger partial charge in [-0.3, -0.25) is 10.1 Å². The summed E-state index contributed by atoms with van der Waals surface area (Å²) in [6.07, 6.45) is 1.56. The maximum Gasteiger partial charge on any atom is 0.305 e. The van der Waals surface area contributed by atoms with Crippen molar-refractivity contribution in [2.75, 3.05) is 0 Å². The van der Waals surface area contributed by atoms with Crippen LogP contribution in [-0.4, -0.2) is 19.9 Å². The van der Waals surface area contributed by atoms with Crippen LogP contribution in [0.15, 0.2) is 24.4 Å². The molecule has 0 aliphatic rings. The Kier molecular flexibility index (Phi) is 3.52. The molecule has 1 aromatic carbocycles. The Labute approximate surface area is 106 Å². The highest BCUT2D eigenvalue weighted by Crippen LogP contribution is 2.20. The average Bonchev–Trinajstić information content (AvgIpc) is 2.79. The summed E-state index contributed by atoms with van der Waals surface area (Å²) in [6, 6.07) is 4.00. The van der Waals surface area contributed by atoms with E-state index in [-0.39, 0.29) is 18.0 Å². The summed E-state index contributed by atoms with van der Waals surface area (Å²) in [4.78, 5) is 9.83. The maximum atomic E-state index is 13.8. The van der Waals surface area contributed by atoms with Gasteiger partial charge in [0.25, 0.3) is 0 Å². The maximum absolute atomic E-state index is 13.8. The van der Waals surface area contributed by atoms with E-state index in [9.17, 15) is 14.5 Å². The lowest BCUT2D eigenvalue weighted by molar-refractivity contribution is -0.387.